The van der Waals surface area contributed by atoms with Gasteiger partial charge in [0, 0.05) is 13.0 Å². The quantitative estimate of drug-likeness (QED) is 0.0885. The van der Waals surface area contributed by atoms with E-state index in [2.05, 4.69) is 24.5 Å². The number of carbonyl (C=O) groups excluding carboxylic acids is 2. The molecule has 0 aromatic carbocycles. The number of nitrogens with one attached hydrogen (secondary N) is 2. The largest absolute Gasteiger partial charge is 0.394 e. The molecule has 0 aromatic heterocycles. The summed E-state index contributed by atoms with van der Waals surface area (Å²) in [4.78, 5) is 25.5. The second-order valence-corrected chi connectivity index (χ2v) is 11.5. The molecule has 6 N–H and O–H groups in total. The van der Waals surface area contributed by atoms with Gasteiger partial charge in [-0.25, -0.2) is 0 Å². The number of aliphatic hydroxyl groups is 4. The summed E-state index contributed by atoms with van der Waals surface area (Å²) in [5.74, 6) is -0.651. The average Bonchev–Trinajstić information content (AvgIpc) is 2.97. The first-order chi connectivity index (χ1) is 19.8. The molecule has 0 aromatic rings. The highest BCUT2D eigenvalue weighted by molar-refractivity contribution is 5.87. The predicted octanol–water partition coefficient (Wildman–Crippen LogP) is 3.47. The van der Waals surface area contributed by atoms with Crippen LogP contribution in [0.25, 0.3) is 0 Å². The highest BCUT2D eigenvalue weighted by Gasteiger charge is 2.44. The molecule has 242 valence electrons. The fraction of sp³-hybridized carbons (Fsp3) is 0.935. The second-order valence-electron chi connectivity index (χ2n) is 11.5. The van der Waals surface area contributed by atoms with Crippen LogP contribution in [0.3, 0.4) is 0 Å². The smallest absolute Gasteiger partial charge is 0.244 e. The van der Waals surface area contributed by atoms with Gasteiger partial charge in [0.1, 0.15) is 30.5 Å². The first-order valence-electron chi connectivity index (χ1n) is 16.3. The Hall–Kier alpha value is -1.30. The average molecular weight is 589 g/mol. The van der Waals surface area contributed by atoms with Crippen LogP contribution in [0, 0.1) is 0 Å². The Morgan fingerprint density at radius 2 is 1.24 bits per heavy atom. The van der Waals surface area contributed by atoms with Crippen molar-refractivity contribution in [1.29, 1.82) is 0 Å². The predicted molar refractivity (Wildman–Crippen MR) is 159 cm³/mol. The molecule has 0 aliphatic carbocycles. The van der Waals surface area contributed by atoms with Gasteiger partial charge < -0.3 is 40.5 Å². The van der Waals surface area contributed by atoms with E-state index in [4.69, 9.17) is 9.47 Å². The third-order valence-electron chi connectivity index (χ3n) is 7.76. The minimum atomic E-state index is -1.58. The van der Waals surface area contributed by atoms with Gasteiger partial charge in [0.2, 0.25) is 11.8 Å². The van der Waals surface area contributed by atoms with E-state index in [9.17, 15) is 30.0 Å². The maximum atomic E-state index is 12.9. The number of rotatable bonds is 25. The first-order valence-corrected chi connectivity index (χ1v) is 16.3. The summed E-state index contributed by atoms with van der Waals surface area (Å²) in [5, 5.41) is 45.2. The van der Waals surface area contributed by atoms with Gasteiger partial charge in [-0.05, 0) is 12.8 Å². The molecule has 1 aliphatic heterocycles. The topological polar surface area (TPSA) is 158 Å². The van der Waals surface area contributed by atoms with E-state index in [1.165, 1.54) is 57.8 Å². The molecular weight excluding hydrogens is 528 g/mol. The van der Waals surface area contributed by atoms with Crippen molar-refractivity contribution in [1.82, 2.24) is 10.6 Å². The van der Waals surface area contributed by atoms with E-state index in [1.807, 2.05) is 0 Å². The van der Waals surface area contributed by atoms with Crippen molar-refractivity contribution in [3.05, 3.63) is 0 Å². The summed E-state index contributed by atoms with van der Waals surface area (Å²) in [6.07, 6.45) is 12.8. The Morgan fingerprint density at radius 3 is 1.78 bits per heavy atom. The van der Waals surface area contributed by atoms with Crippen molar-refractivity contribution in [3.8, 4) is 0 Å². The van der Waals surface area contributed by atoms with Crippen LogP contribution in [-0.2, 0) is 19.1 Å². The summed E-state index contributed by atoms with van der Waals surface area (Å²) in [6.45, 7) is 3.97. The van der Waals surface area contributed by atoms with E-state index in [0.29, 0.717) is 13.0 Å². The lowest BCUT2D eigenvalue weighted by Crippen LogP contribution is -2.60. The number of hydrogen-bond acceptors (Lipinski definition) is 8. The normalized spacial score (nSPS) is 23.3. The fourth-order valence-corrected chi connectivity index (χ4v) is 5.04. The van der Waals surface area contributed by atoms with Gasteiger partial charge in [0.05, 0.1) is 13.2 Å². The first kappa shape index (κ1) is 37.7. The maximum Gasteiger partial charge on any atom is 0.244 e. The van der Waals surface area contributed by atoms with Crippen LogP contribution in [0.1, 0.15) is 129 Å². The zero-order valence-corrected chi connectivity index (χ0v) is 25.7. The lowest BCUT2D eigenvalue weighted by atomic mass is 9.99. The van der Waals surface area contributed by atoms with Crippen molar-refractivity contribution in [2.24, 2.45) is 0 Å². The molecule has 1 fully saturated rings. The van der Waals surface area contributed by atoms with Crippen molar-refractivity contribution in [2.45, 2.75) is 166 Å². The summed E-state index contributed by atoms with van der Waals surface area (Å²) in [5.41, 5.74) is 0. The molecule has 0 spiro atoms. The van der Waals surface area contributed by atoms with E-state index >= 15 is 0 Å². The minimum absolute atomic E-state index is 0.260. The number of amides is 2. The molecule has 10 heteroatoms. The highest BCUT2D eigenvalue weighted by Crippen LogP contribution is 2.22. The molecule has 2 amide bonds. The van der Waals surface area contributed by atoms with E-state index in [0.717, 1.165) is 51.4 Å². The molecule has 1 saturated heterocycles. The minimum Gasteiger partial charge on any atom is -0.394 e. The Bertz CT molecular complexity index is 666. The van der Waals surface area contributed by atoms with Crippen LogP contribution in [0.5, 0.6) is 0 Å². The Balaban J connectivity index is 2.44. The lowest BCUT2D eigenvalue weighted by Gasteiger charge is -2.39. The molecule has 6 atom stereocenters. The number of unbranched alkanes of at least 4 members (excludes halogenated alkanes) is 15. The maximum absolute atomic E-state index is 12.9. The number of carbonyl (C=O) groups is 2. The molecule has 1 heterocycles. The van der Waals surface area contributed by atoms with Crippen molar-refractivity contribution in [2.75, 3.05) is 19.8 Å². The van der Waals surface area contributed by atoms with Gasteiger partial charge in [0.15, 0.2) is 6.29 Å². The van der Waals surface area contributed by atoms with Gasteiger partial charge in [-0.15, -0.1) is 0 Å². The second kappa shape index (κ2) is 24.2. The summed E-state index contributed by atoms with van der Waals surface area (Å²) < 4.78 is 11.0. The molecule has 10 nitrogen and oxygen atoms in total. The Morgan fingerprint density at radius 1 is 0.732 bits per heavy atom. The van der Waals surface area contributed by atoms with E-state index in [-0.39, 0.29) is 12.5 Å². The lowest BCUT2D eigenvalue weighted by molar-refractivity contribution is -0.301. The van der Waals surface area contributed by atoms with E-state index < -0.39 is 49.3 Å². The highest BCUT2D eigenvalue weighted by atomic mass is 16.7. The zero-order chi connectivity index (χ0) is 30.3. The number of ether oxygens (including phenoxy) is 2. The van der Waals surface area contributed by atoms with Crippen molar-refractivity contribution < 1.29 is 39.5 Å². The molecule has 1 aliphatic rings. The van der Waals surface area contributed by atoms with Crippen molar-refractivity contribution in [3.63, 3.8) is 0 Å². The monoisotopic (exact) mass is 588 g/mol. The van der Waals surface area contributed by atoms with Crippen LogP contribution in [-0.4, -0.2) is 88.7 Å². The van der Waals surface area contributed by atoms with Crippen LogP contribution >= 0.6 is 0 Å². The number of aliphatic hydroxyl groups excluding tert-OH is 4. The Kier molecular flexibility index (Phi) is 22.2. The van der Waals surface area contributed by atoms with Gasteiger partial charge in [0.25, 0.3) is 0 Å². The third-order valence-corrected chi connectivity index (χ3v) is 7.76. The van der Waals surface area contributed by atoms with Crippen LogP contribution in [0.2, 0.25) is 0 Å². The SMILES string of the molecule is CCCCCCCCCCCCCCNC(=O)[C@H](CO[C@H]1O[C@H](CO)[C@H](O)[C@H](O)[C@H]1O)NC(=O)CCCCCCC. The Labute approximate surface area is 248 Å². The van der Waals surface area contributed by atoms with Crippen LogP contribution in [0.4, 0.5) is 0 Å². The molecule has 41 heavy (non-hydrogen) atoms. The zero-order valence-electron chi connectivity index (χ0n) is 25.7. The molecule has 0 saturated carbocycles. The number of hydrogen-bond donors (Lipinski definition) is 6. The summed E-state index contributed by atoms with van der Waals surface area (Å²) >= 11 is 0. The van der Waals surface area contributed by atoms with Gasteiger partial charge in [-0.2, -0.15) is 0 Å². The standard InChI is InChI=1S/C31H60N2O8/c1-3-5-7-9-10-11-12-13-14-15-17-19-21-32-30(39)24(33-26(35)20-18-16-8-6-4-2)23-40-31-29(38)28(37)27(36)25(22-34)41-31/h24-25,27-29,31,34,36-38H,3-23H2,1-2H3,(H,32,39)(H,33,35)/t24-,25+,27-,28-,29+,31-/m0/s1. The van der Waals surface area contributed by atoms with E-state index in [1.54, 1.807) is 0 Å². The molecule has 0 bridgehead atoms. The van der Waals surface area contributed by atoms with Crippen molar-refractivity contribution >= 4 is 11.8 Å². The summed E-state index contributed by atoms with van der Waals surface area (Å²) in [6, 6.07) is -1.01. The van der Waals surface area contributed by atoms with Crippen LogP contribution < -0.4 is 10.6 Å². The molecular formula is C31H60N2O8. The van der Waals surface area contributed by atoms with Crippen LogP contribution in [0.15, 0.2) is 0 Å². The van der Waals surface area contributed by atoms with Gasteiger partial charge in [-0.1, -0.05) is 110 Å². The summed E-state index contributed by atoms with van der Waals surface area (Å²) in [7, 11) is 0. The molecule has 1 rings (SSSR count). The van der Waals surface area contributed by atoms with Gasteiger partial charge >= 0.3 is 0 Å². The third kappa shape index (κ3) is 16.8. The van der Waals surface area contributed by atoms with Gasteiger partial charge in [-0.3, -0.25) is 9.59 Å². The fourth-order valence-electron chi connectivity index (χ4n) is 5.04. The molecule has 0 unspecified atom stereocenters. The molecule has 0 radical (unpaired) electrons.